The first-order valence-corrected chi connectivity index (χ1v) is 10.2. The van der Waals surface area contributed by atoms with Gasteiger partial charge in [0.1, 0.15) is 11.7 Å². The van der Waals surface area contributed by atoms with E-state index in [-0.39, 0.29) is 35.9 Å². The van der Waals surface area contributed by atoms with Gasteiger partial charge in [0.2, 0.25) is 0 Å². The Kier molecular flexibility index (Phi) is 5.13. The van der Waals surface area contributed by atoms with Gasteiger partial charge in [0.05, 0.1) is 66.2 Å². The molecule has 1 aromatic heterocycles. The zero-order valence-electron chi connectivity index (χ0n) is 17.0. The first kappa shape index (κ1) is 20.2. The minimum atomic E-state index is -0.719. The fourth-order valence-electron chi connectivity index (χ4n) is 4.11. The quantitative estimate of drug-likeness (QED) is 0.732. The summed E-state index contributed by atoms with van der Waals surface area (Å²) in [5, 5.41) is 22.2. The third-order valence-corrected chi connectivity index (χ3v) is 5.59. The van der Waals surface area contributed by atoms with Crippen LogP contribution in [0.4, 0.5) is 4.39 Å². The molecule has 162 valence electrons. The molecule has 0 saturated carbocycles. The van der Waals surface area contributed by atoms with E-state index in [0.717, 1.165) is 0 Å². The van der Waals surface area contributed by atoms with Gasteiger partial charge in [0.25, 0.3) is 5.91 Å². The molecule has 5 rings (SSSR count). The summed E-state index contributed by atoms with van der Waals surface area (Å²) in [5.41, 5.74) is 1.81. The number of ether oxygens (including phenoxy) is 1. The molecule has 1 amide bonds. The number of rotatable bonds is 2. The van der Waals surface area contributed by atoms with Crippen LogP contribution in [0, 0.1) is 17.1 Å². The van der Waals surface area contributed by atoms with Gasteiger partial charge in [-0.1, -0.05) is 6.07 Å². The van der Waals surface area contributed by atoms with Crippen molar-refractivity contribution in [2.45, 2.75) is 18.8 Å². The minimum Gasteiger partial charge on any atom is -0.389 e. The Labute approximate surface area is 182 Å². The van der Waals surface area contributed by atoms with Crippen molar-refractivity contribution in [2.75, 3.05) is 26.3 Å². The van der Waals surface area contributed by atoms with Crippen molar-refractivity contribution in [3.05, 3.63) is 52.5 Å². The highest BCUT2D eigenvalue weighted by molar-refractivity contribution is 6.30. The topological polar surface area (TPSA) is 123 Å². The maximum Gasteiger partial charge on any atom is 0.253 e. The Morgan fingerprint density at radius 2 is 2.22 bits per heavy atom. The molecular formula is C22H19FN6O3. The van der Waals surface area contributed by atoms with Gasteiger partial charge in [0, 0.05) is 18.7 Å². The highest BCUT2D eigenvalue weighted by Crippen LogP contribution is 2.35. The number of benzene rings is 1. The Balaban J connectivity index is 1.58. The number of nitriles is 1. The molecule has 1 fully saturated rings. The average Bonchev–Trinajstić information content (AvgIpc) is 3.36. The largest absolute Gasteiger partial charge is 0.389 e. The molecule has 3 aliphatic rings. The van der Waals surface area contributed by atoms with Crippen LogP contribution in [-0.2, 0) is 11.3 Å². The molecule has 32 heavy (non-hydrogen) atoms. The van der Waals surface area contributed by atoms with E-state index in [1.54, 1.807) is 12.3 Å². The van der Waals surface area contributed by atoms with E-state index >= 15 is 0 Å². The van der Waals surface area contributed by atoms with Crippen molar-refractivity contribution in [1.82, 2.24) is 15.2 Å². The number of aliphatic hydroxyl groups is 1. The van der Waals surface area contributed by atoms with Crippen LogP contribution in [0.3, 0.4) is 0 Å². The van der Waals surface area contributed by atoms with E-state index in [2.05, 4.69) is 20.3 Å². The number of nitrogens with one attached hydrogen (secondary N) is 1. The van der Waals surface area contributed by atoms with Gasteiger partial charge >= 0.3 is 0 Å². The number of hydrogen-bond donors (Lipinski definition) is 2. The lowest BCUT2D eigenvalue weighted by atomic mass is 9.98. The van der Waals surface area contributed by atoms with Gasteiger partial charge in [-0.25, -0.2) is 14.4 Å². The molecule has 2 N–H and O–H groups in total. The Bertz CT molecular complexity index is 1200. The number of aliphatic hydroxyl groups excluding tert-OH is 1. The monoisotopic (exact) mass is 434 g/mol. The zero-order chi connectivity index (χ0) is 22.2. The second-order valence-corrected chi connectivity index (χ2v) is 7.69. The van der Waals surface area contributed by atoms with Crippen LogP contribution in [0.5, 0.6) is 0 Å². The summed E-state index contributed by atoms with van der Waals surface area (Å²) in [7, 11) is 0. The summed E-state index contributed by atoms with van der Waals surface area (Å²) in [5.74, 6) is -0.286. The normalized spacial score (nSPS) is 22.2. The predicted molar refractivity (Wildman–Crippen MR) is 113 cm³/mol. The van der Waals surface area contributed by atoms with E-state index in [4.69, 9.17) is 4.74 Å². The number of amides is 1. The molecule has 4 heterocycles. The number of halogens is 1. The highest BCUT2D eigenvalue weighted by atomic mass is 19.1. The lowest BCUT2D eigenvalue weighted by Crippen LogP contribution is -2.37. The molecule has 2 unspecified atom stereocenters. The van der Waals surface area contributed by atoms with Crippen LogP contribution >= 0.6 is 0 Å². The molecule has 0 radical (unpaired) electrons. The highest BCUT2D eigenvalue weighted by Gasteiger charge is 2.32. The standard InChI is InChI=1S/C22H19FN6O3/c23-15-3-1-2-12(7-24)19(15)16-6-14(20-17(27-16)8-26-22(20)31)21-25-9-18(28-21)29-4-5-32-11-13(30)10-29/h1-3,6,9,13,21,30H,4-5,8,10-11H2,(H,26,31). The van der Waals surface area contributed by atoms with E-state index < -0.39 is 18.1 Å². The SMILES string of the molecule is N#Cc1cccc(F)c1-c1cc(C2N=CC(N3CCOCC(O)C3)=N2)c2c(n1)CNC2=O. The van der Waals surface area contributed by atoms with Crippen LogP contribution in [0.25, 0.3) is 11.3 Å². The third-order valence-electron chi connectivity index (χ3n) is 5.59. The number of carbonyl (C=O) groups is 1. The van der Waals surface area contributed by atoms with Gasteiger partial charge in [0.15, 0.2) is 6.17 Å². The molecule has 0 aliphatic carbocycles. The maximum absolute atomic E-state index is 14.7. The number of carbonyl (C=O) groups excluding carboxylic acids is 1. The van der Waals surface area contributed by atoms with Gasteiger partial charge in [-0.15, -0.1) is 0 Å². The van der Waals surface area contributed by atoms with Gasteiger partial charge in [-0.2, -0.15) is 5.26 Å². The summed E-state index contributed by atoms with van der Waals surface area (Å²) >= 11 is 0. The number of nitrogens with zero attached hydrogens (tertiary/aromatic N) is 5. The molecular weight excluding hydrogens is 415 g/mol. The number of β-amino-alcohol motifs (C(OH)–C–C–N with tert-alkyl or cyclic N) is 1. The van der Waals surface area contributed by atoms with Crippen LogP contribution in [0.1, 0.15) is 33.3 Å². The zero-order valence-corrected chi connectivity index (χ0v) is 17.0. The number of aromatic nitrogens is 1. The molecule has 0 bridgehead atoms. The number of pyridine rings is 1. The number of amidine groups is 1. The lowest BCUT2D eigenvalue weighted by Gasteiger charge is -2.21. The fourth-order valence-corrected chi connectivity index (χ4v) is 4.11. The van der Waals surface area contributed by atoms with Crippen molar-refractivity contribution < 1.29 is 19.0 Å². The first-order valence-electron chi connectivity index (χ1n) is 10.2. The van der Waals surface area contributed by atoms with Gasteiger partial charge in [-0.3, -0.25) is 9.79 Å². The van der Waals surface area contributed by atoms with E-state index in [1.807, 2.05) is 11.0 Å². The maximum atomic E-state index is 14.7. The summed E-state index contributed by atoms with van der Waals surface area (Å²) in [4.78, 5) is 28.0. The van der Waals surface area contributed by atoms with Crippen molar-refractivity contribution in [2.24, 2.45) is 9.98 Å². The van der Waals surface area contributed by atoms with Crippen molar-refractivity contribution in [3.8, 4) is 17.3 Å². The fraction of sp³-hybridized carbons (Fsp3) is 0.318. The predicted octanol–water partition coefficient (Wildman–Crippen LogP) is 1.18. The third kappa shape index (κ3) is 3.51. The summed E-state index contributed by atoms with van der Waals surface area (Å²) in [6.45, 7) is 1.83. The van der Waals surface area contributed by atoms with Crippen molar-refractivity contribution >= 4 is 18.0 Å². The van der Waals surface area contributed by atoms with Gasteiger partial charge < -0.3 is 20.1 Å². The number of aliphatic imine (C=N–C) groups is 2. The lowest BCUT2D eigenvalue weighted by molar-refractivity contribution is 0.0581. The summed E-state index contributed by atoms with van der Waals surface area (Å²) < 4.78 is 20.0. The first-order chi connectivity index (χ1) is 15.5. The van der Waals surface area contributed by atoms with E-state index in [0.29, 0.717) is 42.4 Å². The Morgan fingerprint density at radius 1 is 1.34 bits per heavy atom. The van der Waals surface area contributed by atoms with Crippen LogP contribution in [0.2, 0.25) is 0 Å². The average molecular weight is 434 g/mol. The molecule has 10 heteroatoms. The smallest absolute Gasteiger partial charge is 0.253 e. The number of hydrogen-bond acceptors (Lipinski definition) is 8. The van der Waals surface area contributed by atoms with E-state index in [9.17, 15) is 19.6 Å². The van der Waals surface area contributed by atoms with Crippen molar-refractivity contribution in [1.29, 1.82) is 5.26 Å². The molecule has 9 nitrogen and oxygen atoms in total. The van der Waals surface area contributed by atoms with Crippen LogP contribution in [-0.4, -0.2) is 65.4 Å². The molecule has 1 saturated heterocycles. The summed E-state index contributed by atoms with van der Waals surface area (Å²) in [6.07, 6.45) is 0.245. The molecule has 1 aromatic carbocycles. The van der Waals surface area contributed by atoms with Gasteiger partial charge in [-0.05, 0) is 18.2 Å². The Hall–Kier alpha value is -3.68. The second kappa shape index (κ2) is 8.11. The molecule has 2 aromatic rings. The van der Waals surface area contributed by atoms with Crippen LogP contribution in [0.15, 0.2) is 34.3 Å². The van der Waals surface area contributed by atoms with Crippen molar-refractivity contribution in [3.63, 3.8) is 0 Å². The molecule has 0 spiro atoms. The minimum absolute atomic E-state index is 0.0809. The second-order valence-electron chi connectivity index (χ2n) is 7.69. The summed E-state index contributed by atoms with van der Waals surface area (Å²) in [6, 6.07) is 7.84. The van der Waals surface area contributed by atoms with E-state index in [1.165, 1.54) is 18.2 Å². The number of fused-ring (bicyclic) bond motifs is 1. The molecule has 2 atom stereocenters. The molecule has 3 aliphatic heterocycles. The Morgan fingerprint density at radius 3 is 3.06 bits per heavy atom. The van der Waals surface area contributed by atoms with Crippen LogP contribution < -0.4 is 5.32 Å².